The van der Waals surface area contributed by atoms with E-state index >= 15 is 0 Å². The first-order valence-electron chi connectivity index (χ1n) is 3.32. The molecule has 0 spiro atoms. The molecule has 0 aromatic heterocycles. The summed E-state index contributed by atoms with van der Waals surface area (Å²) in [6.07, 6.45) is 0. The molecule has 0 aliphatic rings. The molecule has 0 aliphatic carbocycles. The molecule has 0 saturated heterocycles. The summed E-state index contributed by atoms with van der Waals surface area (Å²) in [6, 6.07) is 7.80. The summed E-state index contributed by atoms with van der Waals surface area (Å²) in [5.41, 5.74) is 7.53. The number of aryl methyl sites for hydroxylation is 1. The quantitative estimate of drug-likeness (QED) is 0.356. The summed E-state index contributed by atoms with van der Waals surface area (Å²) in [7, 11) is -2.92. The second kappa shape index (κ2) is 16.0. The Morgan fingerprint density at radius 2 is 1.33 bits per heavy atom. The smallest absolute Gasteiger partial charge is 0.907 e. The molecule has 1 rings (SSSR count). The van der Waals surface area contributed by atoms with Gasteiger partial charge in [-0.1, -0.05) is 18.2 Å². The Morgan fingerprint density at radius 3 is 1.53 bits per heavy atom. The third-order valence-electron chi connectivity index (χ3n) is 1.19. The van der Waals surface area contributed by atoms with E-state index in [1.54, 1.807) is 0 Å². The van der Waals surface area contributed by atoms with Crippen molar-refractivity contribution in [3.05, 3.63) is 29.8 Å². The number of nitrogen functional groups attached to an aromatic ring is 1. The van der Waals surface area contributed by atoms with Crippen LogP contribution in [0.5, 0.6) is 0 Å². The molecular formula is C7H9BNNa3O3. The summed E-state index contributed by atoms with van der Waals surface area (Å²) in [5, 5.41) is 25.2. The Bertz CT molecular complexity index is 217. The predicted molar refractivity (Wildman–Crippen MR) is 41.3 cm³/mol. The Balaban J connectivity index is -0.0000000779. The number of para-hydroxylation sites is 1. The van der Waals surface area contributed by atoms with E-state index in [0.717, 1.165) is 11.3 Å². The van der Waals surface area contributed by atoms with E-state index in [2.05, 4.69) is 0 Å². The van der Waals surface area contributed by atoms with Gasteiger partial charge in [0.05, 0.1) is 0 Å². The molecular weight excluding hydrogens is 226 g/mol. The fraction of sp³-hybridized carbons (Fsp3) is 0.143. The van der Waals surface area contributed by atoms with Crippen LogP contribution < -0.4 is 109 Å². The minimum atomic E-state index is -2.92. The Labute approximate surface area is 157 Å². The SMILES string of the molecule is Cc1ccccc1N.[Na+].[Na+].[Na+].[O-]B([O-])[O-]. The molecule has 4 nitrogen and oxygen atoms in total. The van der Waals surface area contributed by atoms with Crippen molar-refractivity contribution in [3.8, 4) is 0 Å². The van der Waals surface area contributed by atoms with Crippen LogP contribution in [0.25, 0.3) is 0 Å². The Hall–Kier alpha value is 1.96. The summed E-state index contributed by atoms with van der Waals surface area (Å²) in [5.74, 6) is 0. The number of hydrogen-bond donors (Lipinski definition) is 1. The Kier molecular flexibility index (Phi) is 27.4. The van der Waals surface area contributed by atoms with Crippen molar-refractivity contribution in [2.45, 2.75) is 6.92 Å². The molecule has 1 aromatic rings. The van der Waals surface area contributed by atoms with Gasteiger partial charge in [-0.25, -0.2) is 0 Å². The van der Waals surface area contributed by atoms with Gasteiger partial charge in [-0.05, 0) is 18.6 Å². The molecule has 0 atom stereocenters. The van der Waals surface area contributed by atoms with Gasteiger partial charge in [0, 0.05) is 5.69 Å². The molecule has 0 radical (unpaired) electrons. The van der Waals surface area contributed by atoms with Crippen molar-refractivity contribution in [3.63, 3.8) is 0 Å². The zero-order valence-corrected chi connectivity index (χ0v) is 15.7. The minimum absolute atomic E-state index is 0. The van der Waals surface area contributed by atoms with Crippen molar-refractivity contribution in [1.29, 1.82) is 0 Å². The summed E-state index contributed by atoms with van der Waals surface area (Å²) >= 11 is 0. The predicted octanol–water partition coefficient (Wildman–Crippen LogP) is -11.4. The maximum Gasteiger partial charge on any atom is 1.00 e. The second-order valence-electron chi connectivity index (χ2n) is 2.15. The molecule has 0 unspecified atom stereocenters. The van der Waals surface area contributed by atoms with Crippen LogP contribution in [0.3, 0.4) is 0 Å². The zero-order chi connectivity index (χ0) is 9.56. The topological polar surface area (TPSA) is 95.2 Å². The number of benzene rings is 1. The summed E-state index contributed by atoms with van der Waals surface area (Å²) in [6.45, 7) is 2.00. The van der Waals surface area contributed by atoms with E-state index in [1.807, 2.05) is 31.2 Å². The molecule has 8 heteroatoms. The van der Waals surface area contributed by atoms with Gasteiger partial charge in [-0.2, -0.15) is 0 Å². The van der Waals surface area contributed by atoms with Crippen LogP contribution in [0.2, 0.25) is 0 Å². The van der Waals surface area contributed by atoms with Gasteiger partial charge in [0.2, 0.25) is 0 Å². The fourth-order valence-electron chi connectivity index (χ4n) is 0.587. The number of hydrogen-bond acceptors (Lipinski definition) is 4. The van der Waals surface area contributed by atoms with Crippen LogP contribution in [-0.4, -0.2) is 7.32 Å². The van der Waals surface area contributed by atoms with E-state index in [4.69, 9.17) is 20.8 Å². The minimum Gasteiger partial charge on any atom is -0.907 e. The third kappa shape index (κ3) is 18.5. The maximum absolute atomic E-state index is 8.42. The molecule has 0 heterocycles. The van der Waals surface area contributed by atoms with E-state index in [0.29, 0.717) is 0 Å². The average Bonchev–Trinajstić information content (AvgIpc) is 1.94. The van der Waals surface area contributed by atoms with Crippen LogP contribution in [0, 0.1) is 6.92 Å². The van der Waals surface area contributed by atoms with E-state index in [1.165, 1.54) is 0 Å². The van der Waals surface area contributed by atoms with Crippen molar-refractivity contribution in [2.75, 3.05) is 5.73 Å². The maximum atomic E-state index is 8.42. The van der Waals surface area contributed by atoms with Gasteiger partial charge in [0.15, 0.2) is 0 Å². The summed E-state index contributed by atoms with van der Waals surface area (Å²) in [4.78, 5) is 0. The zero-order valence-electron chi connectivity index (χ0n) is 9.69. The van der Waals surface area contributed by atoms with Gasteiger partial charge in [-0.15, -0.1) is 0 Å². The van der Waals surface area contributed by atoms with E-state index < -0.39 is 7.32 Å². The van der Waals surface area contributed by atoms with E-state index in [-0.39, 0.29) is 88.7 Å². The molecule has 0 saturated carbocycles. The van der Waals surface area contributed by atoms with Crippen molar-refractivity contribution >= 4 is 13.0 Å². The number of anilines is 1. The van der Waals surface area contributed by atoms with E-state index in [9.17, 15) is 0 Å². The molecule has 2 N–H and O–H groups in total. The molecule has 0 bridgehead atoms. The van der Waals surface area contributed by atoms with Crippen LogP contribution >= 0.6 is 0 Å². The van der Waals surface area contributed by atoms with Crippen LogP contribution in [-0.2, 0) is 0 Å². The van der Waals surface area contributed by atoms with Crippen molar-refractivity contribution in [2.24, 2.45) is 0 Å². The van der Waals surface area contributed by atoms with Gasteiger partial charge >= 0.3 is 88.7 Å². The monoisotopic (exact) mass is 235 g/mol. The van der Waals surface area contributed by atoms with Gasteiger partial charge in [0.1, 0.15) is 0 Å². The third-order valence-corrected chi connectivity index (χ3v) is 1.19. The molecule has 15 heavy (non-hydrogen) atoms. The van der Waals surface area contributed by atoms with Gasteiger partial charge in [0.25, 0.3) is 0 Å². The van der Waals surface area contributed by atoms with Crippen LogP contribution in [0.1, 0.15) is 5.56 Å². The molecule has 0 amide bonds. The number of rotatable bonds is 0. The molecule has 66 valence electrons. The standard InChI is InChI=1S/C7H9N.BO3.3Na/c1-6-4-2-3-5-7(6)8;2-1(3)4;;;/h2-5H,8H2,1H3;;;;/q;-3;3*+1. The van der Waals surface area contributed by atoms with Gasteiger partial charge < -0.3 is 20.8 Å². The first kappa shape index (κ1) is 25.7. The molecule has 0 aliphatic heterocycles. The average molecular weight is 235 g/mol. The first-order chi connectivity index (χ1) is 5.54. The van der Waals surface area contributed by atoms with Crippen molar-refractivity contribution < 1.29 is 104 Å². The number of nitrogens with two attached hydrogens (primary N) is 1. The largest absolute Gasteiger partial charge is 1.00 e. The first-order valence-corrected chi connectivity index (χ1v) is 3.32. The second-order valence-corrected chi connectivity index (χ2v) is 2.15. The van der Waals surface area contributed by atoms with Gasteiger partial charge in [-0.3, -0.25) is 7.32 Å². The fourth-order valence-corrected chi connectivity index (χ4v) is 0.587. The van der Waals surface area contributed by atoms with Crippen LogP contribution in [0.4, 0.5) is 5.69 Å². The van der Waals surface area contributed by atoms with Crippen LogP contribution in [0.15, 0.2) is 24.3 Å². The molecule has 1 aromatic carbocycles. The Morgan fingerprint density at radius 1 is 1.00 bits per heavy atom. The normalized spacial score (nSPS) is 6.67. The summed E-state index contributed by atoms with van der Waals surface area (Å²) < 4.78 is 0. The van der Waals surface area contributed by atoms with Crippen molar-refractivity contribution in [1.82, 2.24) is 0 Å². The molecule has 0 fully saturated rings.